The first-order valence-corrected chi connectivity index (χ1v) is 13.0. The van der Waals surface area contributed by atoms with Crippen molar-refractivity contribution in [3.05, 3.63) is 46.8 Å². The van der Waals surface area contributed by atoms with Crippen LogP contribution in [0.5, 0.6) is 5.75 Å². The van der Waals surface area contributed by atoms with Crippen molar-refractivity contribution < 1.29 is 18.8 Å². The maximum absolute atomic E-state index is 13.8. The van der Waals surface area contributed by atoms with Crippen LogP contribution in [0.25, 0.3) is 0 Å². The Kier molecular flexibility index (Phi) is 7.82. The molecule has 1 saturated heterocycles. The second kappa shape index (κ2) is 10.8. The van der Waals surface area contributed by atoms with Crippen molar-refractivity contribution in [1.29, 1.82) is 0 Å². The number of hydrogen-bond acceptors (Lipinski definition) is 5. The highest BCUT2D eigenvalue weighted by molar-refractivity contribution is 5.96. The van der Waals surface area contributed by atoms with Gasteiger partial charge in [0, 0.05) is 13.1 Å². The van der Waals surface area contributed by atoms with E-state index in [1.165, 1.54) is 5.56 Å². The molecule has 1 atom stereocenters. The molecule has 3 heterocycles. The number of nitrogens with zero attached hydrogens (tertiary/aromatic N) is 2. The summed E-state index contributed by atoms with van der Waals surface area (Å²) < 4.78 is 11.4. The zero-order chi connectivity index (χ0) is 25.0. The van der Waals surface area contributed by atoms with Crippen LogP contribution in [0.3, 0.4) is 0 Å². The lowest BCUT2D eigenvalue weighted by molar-refractivity contribution is -0.135. The number of fused-ring (bicyclic) bond motifs is 1. The van der Waals surface area contributed by atoms with Crippen molar-refractivity contribution in [2.24, 2.45) is 11.3 Å². The summed E-state index contributed by atoms with van der Waals surface area (Å²) in [6.45, 7) is 9.50. The summed E-state index contributed by atoms with van der Waals surface area (Å²) in [5.41, 5.74) is 1.95. The predicted octanol–water partition coefficient (Wildman–Crippen LogP) is 4.85. The van der Waals surface area contributed by atoms with Gasteiger partial charge in [0.25, 0.3) is 5.91 Å². The van der Waals surface area contributed by atoms with Crippen LogP contribution < -0.4 is 10.1 Å². The molecule has 1 aromatic heterocycles. The minimum absolute atomic E-state index is 0.0474. The normalized spacial score (nSPS) is 21.0. The summed E-state index contributed by atoms with van der Waals surface area (Å²) in [6, 6.07) is 8.20. The molecule has 7 nitrogen and oxygen atoms in total. The molecule has 0 radical (unpaired) electrons. The molecule has 0 bridgehead atoms. The molecular formula is C28H39N3O4. The van der Waals surface area contributed by atoms with E-state index in [4.69, 9.17) is 9.26 Å². The number of rotatable bonds is 3. The van der Waals surface area contributed by atoms with Crippen molar-refractivity contribution in [1.82, 2.24) is 15.4 Å². The summed E-state index contributed by atoms with van der Waals surface area (Å²) >= 11 is 0. The van der Waals surface area contributed by atoms with Crippen LogP contribution in [0, 0.1) is 25.2 Å². The van der Waals surface area contributed by atoms with Gasteiger partial charge in [-0.05, 0) is 69.9 Å². The number of benzene rings is 1. The Hall–Kier alpha value is -2.83. The van der Waals surface area contributed by atoms with Gasteiger partial charge >= 0.3 is 0 Å². The molecular weight excluding hydrogens is 442 g/mol. The molecule has 0 saturated carbocycles. The number of aromatic nitrogens is 1. The summed E-state index contributed by atoms with van der Waals surface area (Å²) in [6.07, 6.45) is 5.95. The number of ether oxygens (including phenoxy) is 1. The molecule has 35 heavy (non-hydrogen) atoms. The first kappa shape index (κ1) is 25.3. The van der Waals surface area contributed by atoms with E-state index in [-0.39, 0.29) is 17.9 Å². The maximum atomic E-state index is 13.8. The Morgan fingerprint density at radius 2 is 1.91 bits per heavy atom. The Balaban J connectivity index is 1.51. The monoisotopic (exact) mass is 481 g/mol. The minimum Gasteiger partial charge on any atom is -0.491 e. The van der Waals surface area contributed by atoms with E-state index in [1.807, 2.05) is 17.0 Å². The maximum Gasteiger partial charge on any atom is 0.259 e. The van der Waals surface area contributed by atoms with Gasteiger partial charge in [-0.1, -0.05) is 43.6 Å². The van der Waals surface area contributed by atoms with E-state index in [9.17, 15) is 9.59 Å². The molecule has 2 aromatic rings. The third-order valence-electron chi connectivity index (χ3n) is 7.59. The average Bonchev–Trinajstić information content (AvgIpc) is 3.17. The van der Waals surface area contributed by atoms with Gasteiger partial charge in [0.05, 0.1) is 17.2 Å². The zero-order valence-corrected chi connectivity index (χ0v) is 21.6. The summed E-state index contributed by atoms with van der Waals surface area (Å²) in [5.74, 6) is 1.99. The zero-order valence-electron chi connectivity index (χ0n) is 21.6. The van der Waals surface area contributed by atoms with E-state index in [2.05, 4.69) is 36.5 Å². The second-order valence-electron chi connectivity index (χ2n) is 10.7. The molecule has 1 aromatic carbocycles. The van der Waals surface area contributed by atoms with Gasteiger partial charge in [-0.3, -0.25) is 9.59 Å². The Morgan fingerprint density at radius 1 is 1.17 bits per heavy atom. The Morgan fingerprint density at radius 3 is 2.60 bits per heavy atom. The first-order chi connectivity index (χ1) is 16.8. The van der Waals surface area contributed by atoms with Crippen molar-refractivity contribution >= 4 is 11.8 Å². The van der Waals surface area contributed by atoms with Gasteiger partial charge in [0.1, 0.15) is 23.7 Å². The van der Waals surface area contributed by atoms with Crippen molar-refractivity contribution in [3.8, 4) is 5.75 Å². The van der Waals surface area contributed by atoms with Crippen molar-refractivity contribution in [2.75, 3.05) is 19.7 Å². The molecule has 190 valence electrons. The summed E-state index contributed by atoms with van der Waals surface area (Å²) in [7, 11) is 0. The smallest absolute Gasteiger partial charge is 0.259 e. The fraction of sp³-hybridized carbons (Fsp3) is 0.607. The largest absolute Gasteiger partial charge is 0.491 e. The number of piperidine rings is 1. The second-order valence-corrected chi connectivity index (χ2v) is 10.7. The lowest BCUT2D eigenvalue weighted by Crippen LogP contribution is -2.53. The molecule has 1 fully saturated rings. The van der Waals surface area contributed by atoms with Crippen LogP contribution in [0.15, 0.2) is 28.8 Å². The molecule has 4 rings (SSSR count). The lowest BCUT2D eigenvalue weighted by atomic mass is 9.73. The molecule has 2 aliphatic rings. The third kappa shape index (κ3) is 5.71. The van der Waals surface area contributed by atoms with Crippen LogP contribution in [0.4, 0.5) is 0 Å². The standard InChI is InChI=1S/C28H39N3O4/c1-19(2)17-23-18-34-24-11-6-5-9-22(24)10-7-8-12-28(27(33)29-23)13-15-31(16-14-28)26(32)25-20(3)30-35-21(25)4/h5-6,9,11,19,23H,7-8,10,12-18H2,1-4H3,(H,29,33)/t23-/m0/s1. The molecule has 7 heteroatoms. The number of aryl methyl sites for hydroxylation is 3. The highest BCUT2D eigenvalue weighted by Crippen LogP contribution is 2.38. The topological polar surface area (TPSA) is 84.7 Å². The van der Waals surface area contributed by atoms with Crippen molar-refractivity contribution in [2.45, 2.75) is 78.7 Å². The number of nitrogens with one attached hydrogen (secondary N) is 1. The molecule has 2 amide bonds. The summed E-state index contributed by atoms with van der Waals surface area (Å²) in [5, 5.41) is 7.29. The first-order valence-electron chi connectivity index (χ1n) is 13.0. The van der Waals surface area contributed by atoms with E-state index in [0.717, 1.165) is 37.9 Å². The van der Waals surface area contributed by atoms with Crippen LogP contribution in [0.1, 0.15) is 79.7 Å². The van der Waals surface area contributed by atoms with Gasteiger partial charge in [0.15, 0.2) is 0 Å². The Bertz CT molecular complexity index is 1020. The van der Waals surface area contributed by atoms with E-state index >= 15 is 0 Å². The number of carbonyl (C=O) groups is 2. The highest BCUT2D eigenvalue weighted by Gasteiger charge is 2.43. The SMILES string of the molecule is Cc1noc(C)c1C(=O)N1CCC2(CCCCc3ccccc3OC[C@H](CC(C)C)NC2=O)CC1. The molecule has 0 unspecified atom stereocenters. The van der Waals surface area contributed by atoms with E-state index in [0.29, 0.717) is 55.5 Å². The van der Waals surface area contributed by atoms with Gasteiger partial charge in [-0.25, -0.2) is 0 Å². The Labute approximate surface area is 208 Å². The van der Waals surface area contributed by atoms with Gasteiger partial charge in [-0.2, -0.15) is 0 Å². The molecule has 1 spiro atoms. The minimum atomic E-state index is -0.455. The molecule has 0 aliphatic carbocycles. The van der Waals surface area contributed by atoms with Crippen molar-refractivity contribution in [3.63, 3.8) is 0 Å². The summed E-state index contributed by atoms with van der Waals surface area (Å²) in [4.78, 5) is 28.8. The molecule has 2 aliphatic heterocycles. The number of carbonyl (C=O) groups excluding carboxylic acids is 2. The fourth-order valence-corrected chi connectivity index (χ4v) is 5.57. The molecule has 1 N–H and O–H groups in total. The third-order valence-corrected chi connectivity index (χ3v) is 7.59. The number of para-hydroxylation sites is 1. The van der Waals surface area contributed by atoms with Crippen LogP contribution in [0.2, 0.25) is 0 Å². The number of amides is 2. The average molecular weight is 482 g/mol. The number of hydrogen-bond donors (Lipinski definition) is 1. The van der Waals surface area contributed by atoms with Gasteiger partial charge in [-0.15, -0.1) is 0 Å². The van der Waals surface area contributed by atoms with Gasteiger partial charge < -0.3 is 19.5 Å². The highest BCUT2D eigenvalue weighted by atomic mass is 16.5. The van der Waals surface area contributed by atoms with E-state index in [1.54, 1.807) is 13.8 Å². The van der Waals surface area contributed by atoms with Gasteiger partial charge in [0.2, 0.25) is 5.91 Å². The lowest BCUT2D eigenvalue weighted by Gasteiger charge is -2.42. The fourth-order valence-electron chi connectivity index (χ4n) is 5.57. The van der Waals surface area contributed by atoms with Crippen LogP contribution in [-0.4, -0.2) is 47.6 Å². The van der Waals surface area contributed by atoms with Crippen LogP contribution >= 0.6 is 0 Å². The van der Waals surface area contributed by atoms with Crippen LogP contribution in [-0.2, 0) is 11.2 Å². The van der Waals surface area contributed by atoms with E-state index < -0.39 is 5.41 Å². The predicted molar refractivity (Wildman–Crippen MR) is 134 cm³/mol. The number of likely N-dealkylation sites (tertiary alicyclic amines) is 1. The quantitative estimate of drug-likeness (QED) is 0.677.